The Kier molecular flexibility index (Phi) is 8.66. The van der Waals surface area contributed by atoms with Gasteiger partial charge in [-0.2, -0.15) is 0 Å². The quantitative estimate of drug-likeness (QED) is 0.411. The van der Waals surface area contributed by atoms with Gasteiger partial charge in [0.2, 0.25) is 0 Å². The van der Waals surface area contributed by atoms with Gasteiger partial charge in [-0.05, 0) is 64.3 Å². The van der Waals surface area contributed by atoms with Crippen LogP contribution >= 0.6 is 27.3 Å². The van der Waals surface area contributed by atoms with Crippen molar-refractivity contribution >= 4 is 56.2 Å². The Morgan fingerprint density at radius 1 is 1.28 bits per heavy atom. The maximum absolute atomic E-state index is 12.3. The van der Waals surface area contributed by atoms with E-state index in [-0.39, 0.29) is 6.61 Å². The van der Waals surface area contributed by atoms with Crippen LogP contribution in [-0.4, -0.2) is 31.1 Å². The second-order valence-corrected chi connectivity index (χ2v) is 8.08. The Morgan fingerprint density at radius 2 is 2.03 bits per heavy atom. The Balaban J connectivity index is 1.97. The monoisotopic (exact) mass is 483 g/mol. The van der Waals surface area contributed by atoms with Crippen molar-refractivity contribution in [2.24, 2.45) is 5.92 Å². The second kappa shape index (κ2) is 11.0. The third-order valence-electron chi connectivity index (χ3n) is 3.55. The van der Waals surface area contributed by atoms with Crippen molar-refractivity contribution in [3.05, 3.63) is 45.1 Å². The zero-order chi connectivity index (χ0) is 21.4. The number of nitrogens with one attached hydrogen (secondary N) is 1. The molecule has 7 nitrogen and oxygen atoms in total. The summed E-state index contributed by atoms with van der Waals surface area (Å²) in [5, 5.41) is 4.85. The number of hydrogen-bond acceptors (Lipinski definition) is 7. The van der Waals surface area contributed by atoms with E-state index >= 15 is 0 Å². The average Bonchev–Trinajstić information content (AvgIpc) is 3.24. The molecule has 0 atom stereocenters. The highest BCUT2D eigenvalue weighted by atomic mass is 79.9. The molecule has 0 saturated heterocycles. The topological polar surface area (TPSA) is 94.8 Å². The number of esters is 2. The molecule has 2 aromatic heterocycles. The largest absolute Gasteiger partial charge is 0.462 e. The van der Waals surface area contributed by atoms with E-state index in [4.69, 9.17) is 13.9 Å². The van der Waals surface area contributed by atoms with Gasteiger partial charge in [-0.25, -0.2) is 9.59 Å². The Bertz CT molecular complexity index is 899. The summed E-state index contributed by atoms with van der Waals surface area (Å²) in [7, 11) is 0. The lowest BCUT2D eigenvalue weighted by Crippen LogP contribution is -2.21. The summed E-state index contributed by atoms with van der Waals surface area (Å²) in [6, 6.07) is 3.36. The summed E-state index contributed by atoms with van der Waals surface area (Å²) in [4.78, 5) is 36.3. The first-order chi connectivity index (χ1) is 13.8. The number of carbonyl (C=O) groups excluding carboxylic acids is 3. The molecule has 0 radical (unpaired) electrons. The predicted octanol–water partition coefficient (Wildman–Crippen LogP) is 4.67. The third kappa shape index (κ3) is 7.17. The normalized spacial score (nSPS) is 11.1. The number of furan rings is 1. The molecule has 1 N–H and O–H groups in total. The highest BCUT2D eigenvalue weighted by molar-refractivity contribution is 9.10. The lowest BCUT2D eigenvalue weighted by Gasteiger charge is -2.09. The molecule has 2 rings (SSSR count). The van der Waals surface area contributed by atoms with Crippen molar-refractivity contribution in [2.45, 2.75) is 27.2 Å². The molecule has 9 heteroatoms. The molecule has 0 fully saturated rings. The highest BCUT2D eigenvalue weighted by Crippen LogP contribution is 2.31. The van der Waals surface area contributed by atoms with E-state index in [1.165, 1.54) is 17.4 Å². The molecule has 0 bridgehead atoms. The summed E-state index contributed by atoms with van der Waals surface area (Å²) < 4.78 is 15.8. The van der Waals surface area contributed by atoms with E-state index in [9.17, 15) is 14.4 Å². The zero-order valence-corrected chi connectivity index (χ0v) is 18.7. The lowest BCUT2D eigenvalue weighted by molar-refractivity contribution is -0.142. The lowest BCUT2D eigenvalue weighted by atomic mass is 10.0. The predicted molar refractivity (Wildman–Crippen MR) is 114 cm³/mol. The Hall–Kier alpha value is -2.39. The number of carbonyl (C=O) groups is 3. The molecule has 2 heterocycles. The number of thiophene rings is 1. The highest BCUT2D eigenvalue weighted by Gasteiger charge is 2.22. The third-order valence-corrected chi connectivity index (χ3v) is 4.92. The molecule has 156 valence electrons. The van der Waals surface area contributed by atoms with Crippen molar-refractivity contribution in [2.75, 3.05) is 18.5 Å². The van der Waals surface area contributed by atoms with Gasteiger partial charge in [0.15, 0.2) is 11.3 Å². The van der Waals surface area contributed by atoms with Crippen LogP contribution in [0.5, 0.6) is 0 Å². The molecule has 0 saturated carbocycles. The van der Waals surface area contributed by atoms with Gasteiger partial charge in [0.05, 0.1) is 12.2 Å². The van der Waals surface area contributed by atoms with Gasteiger partial charge >= 0.3 is 11.9 Å². The molecule has 0 aliphatic rings. The number of halogens is 1. The van der Waals surface area contributed by atoms with E-state index < -0.39 is 24.5 Å². The van der Waals surface area contributed by atoms with Gasteiger partial charge < -0.3 is 19.2 Å². The summed E-state index contributed by atoms with van der Waals surface area (Å²) in [5.41, 5.74) is 1.18. The standard InChI is InChI=1S/C20H22BrNO6S/c1-4-26-20(25)18-13(9-12(2)3)11-29-19(18)22-16(23)10-27-17(24)8-6-14-5-7-15(21)28-14/h5-8,11-12H,4,9-10H2,1-3H3,(H,22,23). The molecule has 2 aromatic rings. The molecule has 1 amide bonds. The van der Waals surface area contributed by atoms with Gasteiger partial charge in [-0.15, -0.1) is 11.3 Å². The van der Waals surface area contributed by atoms with Crippen molar-refractivity contribution in [1.29, 1.82) is 0 Å². The van der Waals surface area contributed by atoms with Gasteiger partial charge in [-0.1, -0.05) is 13.8 Å². The second-order valence-electron chi connectivity index (χ2n) is 6.41. The van der Waals surface area contributed by atoms with Crippen molar-refractivity contribution in [1.82, 2.24) is 0 Å². The van der Waals surface area contributed by atoms with Crippen LogP contribution in [-0.2, 0) is 25.5 Å². The fraction of sp³-hybridized carbons (Fsp3) is 0.350. The SMILES string of the molecule is CCOC(=O)c1c(CC(C)C)csc1NC(=O)COC(=O)C=Cc1ccc(Br)o1. The van der Waals surface area contributed by atoms with Gasteiger partial charge in [0.1, 0.15) is 10.8 Å². The number of rotatable bonds is 9. The van der Waals surface area contributed by atoms with E-state index in [1.807, 2.05) is 19.2 Å². The van der Waals surface area contributed by atoms with Crippen LogP contribution in [0.15, 0.2) is 32.7 Å². The van der Waals surface area contributed by atoms with Crippen LogP contribution in [0.4, 0.5) is 5.00 Å². The van der Waals surface area contributed by atoms with Gasteiger partial charge in [-0.3, -0.25) is 4.79 Å². The molecule has 0 aliphatic carbocycles. The zero-order valence-electron chi connectivity index (χ0n) is 16.3. The van der Waals surface area contributed by atoms with Crippen molar-refractivity contribution < 1.29 is 28.3 Å². The maximum atomic E-state index is 12.3. The first-order valence-corrected chi connectivity index (χ1v) is 10.6. The molecule has 0 aliphatic heterocycles. The van der Waals surface area contributed by atoms with E-state index in [2.05, 4.69) is 21.2 Å². The van der Waals surface area contributed by atoms with Gasteiger partial charge in [0, 0.05) is 6.08 Å². The molecule has 0 unspecified atom stereocenters. The molecule has 29 heavy (non-hydrogen) atoms. The van der Waals surface area contributed by atoms with Crippen LogP contribution < -0.4 is 5.32 Å². The summed E-state index contributed by atoms with van der Waals surface area (Å²) >= 11 is 4.40. The fourth-order valence-electron chi connectivity index (χ4n) is 2.42. The summed E-state index contributed by atoms with van der Waals surface area (Å²) in [6.45, 7) is 5.56. The van der Waals surface area contributed by atoms with Crippen LogP contribution in [0.2, 0.25) is 0 Å². The Morgan fingerprint density at radius 3 is 2.66 bits per heavy atom. The van der Waals surface area contributed by atoms with E-state index in [0.717, 1.165) is 11.6 Å². The van der Waals surface area contributed by atoms with Crippen molar-refractivity contribution in [3.8, 4) is 0 Å². The first kappa shape index (κ1) is 22.9. The van der Waals surface area contributed by atoms with Crippen molar-refractivity contribution in [3.63, 3.8) is 0 Å². The number of amides is 1. The van der Waals surface area contributed by atoms with Crippen LogP contribution in [0.3, 0.4) is 0 Å². The molecular weight excluding hydrogens is 462 g/mol. The summed E-state index contributed by atoms with van der Waals surface area (Å²) in [5.74, 6) is -0.914. The fourth-order valence-corrected chi connectivity index (χ4v) is 3.72. The van der Waals surface area contributed by atoms with Crippen LogP contribution in [0.1, 0.15) is 42.5 Å². The number of hydrogen-bond donors (Lipinski definition) is 1. The minimum Gasteiger partial charge on any atom is -0.462 e. The molecular formula is C20H22BrNO6S. The minimum atomic E-state index is -0.690. The summed E-state index contributed by atoms with van der Waals surface area (Å²) in [6.07, 6.45) is 3.28. The Labute approximate surface area is 181 Å². The van der Waals surface area contributed by atoms with Crippen LogP contribution in [0, 0.1) is 5.92 Å². The number of ether oxygens (including phenoxy) is 2. The minimum absolute atomic E-state index is 0.235. The average molecular weight is 484 g/mol. The number of anilines is 1. The smallest absolute Gasteiger partial charge is 0.341 e. The molecule has 0 aromatic carbocycles. The van der Waals surface area contributed by atoms with Gasteiger partial charge in [0.25, 0.3) is 5.91 Å². The molecule has 0 spiro atoms. The maximum Gasteiger partial charge on any atom is 0.341 e. The van der Waals surface area contributed by atoms with E-state index in [1.54, 1.807) is 19.1 Å². The van der Waals surface area contributed by atoms with E-state index in [0.29, 0.717) is 33.3 Å². The first-order valence-electron chi connectivity index (χ1n) is 8.97. The van der Waals surface area contributed by atoms with Crippen LogP contribution in [0.25, 0.3) is 6.08 Å².